The fourth-order valence-electron chi connectivity index (χ4n) is 8.30. The Labute approximate surface area is 157 Å². The van der Waals surface area contributed by atoms with Crippen LogP contribution in [0.2, 0.25) is 0 Å². The first-order valence-corrected chi connectivity index (χ1v) is 10.9. The van der Waals surface area contributed by atoms with Crippen LogP contribution < -0.4 is 0 Å². The van der Waals surface area contributed by atoms with Crippen molar-refractivity contribution in [2.75, 3.05) is 13.2 Å². The molecule has 0 aromatic rings. The van der Waals surface area contributed by atoms with E-state index < -0.39 is 5.60 Å². The highest BCUT2D eigenvalue weighted by Gasteiger charge is 2.66. The molecule has 0 bridgehead atoms. The molecule has 4 aliphatic carbocycles. The van der Waals surface area contributed by atoms with Crippen LogP contribution in [0.5, 0.6) is 0 Å². The maximum atomic E-state index is 11.3. The molecule has 5 rings (SSSR count). The SMILES string of the molecule is C[C@]12CCC3(C[C@@H]1CC[C@@H]1[C@@H]2[C@@H](O)C[C@@]2(C)[C@H]1CC[C@]2(C)O)OCCO3. The van der Waals surface area contributed by atoms with Crippen molar-refractivity contribution in [3.8, 4) is 0 Å². The maximum absolute atomic E-state index is 11.3. The normalized spacial score (nSPS) is 58.3. The minimum Gasteiger partial charge on any atom is -0.393 e. The summed E-state index contributed by atoms with van der Waals surface area (Å²) >= 11 is 0. The number of ether oxygens (including phenoxy) is 2. The average Bonchev–Trinajstić information content (AvgIpc) is 3.11. The van der Waals surface area contributed by atoms with Gasteiger partial charge in [0.2, 0.25) is 0 Å². The first kappa shape index (κ1) is 17.9. The Bertz CT molecular complexity index is 583. The van der Waals surface area contributed by atoms with Gasteiger partial charge >= 0.3 is 0 Å². The molecule has 0 amide bonds. The highest BCUT2D eigenvalue weighted by Crippen LogP contribution is 2.69. The molecule has 5 aliphatic rings. The highest BCUT2D eigenvalue weighted by atomic mass is 16.7. The average molecular weight is 365 g/mol. The van der Waals surface area contributed by atoms with E-state index in [1.54, 1.807) is 0 Å². The predicted molar refractivity (Wildman–Crippen MR) is 98.4 cm³/mol. The van der Waals surface area contributed by atoms with E-state index in [0.717, 1.165) is 51.7 Å². The zero-order valence-corrected chi connectivity index (χ0v) is 16.7. The van der Waals surface area contributed by atoms with Crippen LogP contribution in [0.15, 0.2) is 0 Å². The molecular formula is C22H36O4. The van der Waals surface area contributed by atoms with Crippen LogP contribution in [0.4, 0.5) is 0 Å². The van der Waals surface area contributed by atoms with Crippen LogP contribution in [-0.2, 0) is 9.47 Å². The first-order chi connectivity index (χ1) is 12.2. The van der Waals surface area contributed by atoms with Crippen molar-refractivity contribution >= 4 is 0 Å². The van der Waals surface area contributed by atoms with E-state index in [1.807, 2.05) is 6.92 Å². The molecule has 148 valence electrons. The standard InChI is InChI=1S/C22H36O4/c1-19-8-9-22(25-10-11-26-22)12-14(19)4-5-15-16-6-7-21(3,24)20(16,2)13-17(23)18(15)19/h14-18,23-24H,4-13H2,1-3H3/t14-,15-,16-,17-,18+,19-,20-,21-/m0/s1. The van der Waals surface area contributed by atoms with Gasteiger partial charge in [0.05, 0.1) is 24.9 Å². The molecule has 2 N–H and O–H groups in total. The molecule has 4 heteroatoms. The molecule has 8 atom stereocenters. The fourth-order valence-corrected chi connectivity index (χ4v) is 8.30. The Morgan fingerprint density at radius 1 is 0.885 bits per heavy atom. The zero-order chi connectivity index (χ0) is 18.4. The Morgan fingerprint density at radius 3 is 2.35 bits per heavy atom. The number of aliphatic hydroxyl groups excluding tert-OH is 1. The lowest BCUT2D eigenvalue weighted by Crippen LogP contribution is -2.62. The van der Waals surface area contributed by atoms with Gasteiger partial charge in [0, 0.05) is 18.3 Å². The molecular weight excluding hydrogens is 328 g/mol. The van der Waals surface area contributed by atoms with Gasteiger partial charge in [0.25, 0.3) is 0 Å². The van der Waals surface area contributed by atoms with E-state index in [-0.39, 0.29) is 22.7 Å². The Kier molecular flexibility index (Phi) is 3.76. The minimum atomic E-state index is -0.635. The van der Waals surface area contributed by atoms with Crippen molar-refractivity contribution in [3.05, 3.63) is 0 Å². The summed E-state index contributed by atoms with van der Waals surface area (Å²) in [6, 6.07) is 0. The number of aliphatic hydroxyl groups is 2. The molecule has 0 aromatic carbocycles. The van der Waals surface area contributed by atoms with Gasteiger partial charge in [-0.15, -0.1) is 0 Å². The van der Waals surface area contributed by atoms with Gasteiger partial charge < -0.3 is 19.7 Å². The second kappa shape index (κ2) is 5.46. The van der Waals surface area contributed by atoms with Crippen LogP contribution in [-0.4, -0.2) is 40.9 Å². The van der Waals surface area contributed by atoms with Gasteiger partial charge in [-0.25, -0.2) is 0 Å². The molecule has 1 saturated heterocycles. The van der Waals surface area contributed by atoms with Gasteiger partial charge in [-0.3, -0.25) is 0 Å². The summed E-state index contributed by atoms with van der Waals surface area (Å²) in [6.45, 7) is 8.15. The molecule has 0 unspecified atom stereocenters. The van der Waals surface area contributed by atoms with Crippen LogP contribution in [0.3, 0.4) is 0 Å². The molecule has 4 saturated carbocycles. The Morgan fingerprint density at radius 2 is 1.62 bits per heavy atom. The number of rotatable bonds is 0. The summed E-state index contributed by atoms with van der Waals surface area (Å²) in [4.78, 5) is 0. The van der Waals surface area contributed by atoms with Crippen LogP contribution in [0, 0.1) is 34.5 Å². The van der Waals surface area contributed by atoms with E-state index in [4.69, 9.17) is 9.47 Å². The lowest BCUT2D eigenvalue weighted by atomic mass is 9.43. The zero-order valence-electron chi connectivity index (χ0n) is 16.7. The molecule has 0 radical (unpaired) electrons. The molecule has 1 aliphatic heterocycles. The summed E-state index contributed by atoms with van der Waals surface area (Å²) in [5, 5.41) is 22.4. The molecule has 1 spiro atoms. The molecule has 0 aromatic heterocycles. The van der Waals surface area contributed by atoms with Gasteiger partial charge in [-0.05, 0) is 74.5 Å². The third-order valence-corrected chi connectivity index (χ3v) is 9.97. The van der Waals surface area contributed by atoms with Gasteiger partial charge in [0.15, 0.2) is 5.79 Å². The first-order valence-electron chi connectivity index (χ1n) is 10.9. The minimum absolute atomic E-state index is 0.135. The molecule has 26 heavy (non-hydrogen) atoms. The van der Waals surface area contributed by atoms with E-state index in [2.05, 4.69) is 13.8 Å². The summed E-state index contributed by atoms with van der Waals surface area (Å²) in [5.74, 6) is 1.72. The predicted octanol–water partition coefficient (Wildman–Crippen LogP) is 3.49. The van der Waals surface area contributed by atoms with Gasteiger partial charge in [0.1, 0.15) is 0 Å². The summed E-state index contributed by atoms with van der Waals surface area (Å²) in [5.41, 5.74) is -0.591. The van der Waals surface area contributed by atoms with E-state index in [0.29, 0.717) is 23.7 Å². The van der Waals surface area contributed by atoms with E-state index >= 15 is 0 Å². The van der Waals surface area contributed by atoms with Crippen molar-refractivity contribution in [2.45, 2.75) is 89.6 Å². The third-order valence-electron chi connectivity index (χ3n) is 9.97. The van der Waals surface area contributed by atoms with Crippen LogP contribution in [0.1, 0.15) is 72.1 Å². The van der Waals surface area contributed by atoms with E-state index in [1.165, 1.54) is 12.8 Å². The van der Waals surface area contributed by atoms with Crippen molar-refractivity contribution < 1.29 is 19.7 Å². The lowest BCUT2D eigenvalue weighted by Gasteiger charge is -2.63. The second-order valence-electron chi connectivity index (χ2n) is 10.9. The van der Waals surface area contributed by atoms with Gasteiger partial charge in [-0.2, -0.15) is 0 Å². The monoisotopic (exact) mass is 364 g/mol. The van der Waals surface area contributed by atoms with E-state index in [9.17, 15) is 10.2 Å². The second-order valence-corrected chi connectivity index (χ2v) is 10.9. The largest absolute Gasteiger partial charge is 0.393 e. The van der Waals surface area contributed by atoms with Crippen molar-refractivity contribution in [3.63, 3.8) is 0 Å². The van der Waals surface area contributed by atoms with Crippen molar-refractivity contribution in [1.29, 1.82) is 0 Å². The Balaban J connectivity index is 1.46. The number of hydrogen-bond acceptors (Lipinski definition) is 4. The van der Waals surface area contributed by atoms with Crippen molar-refractivity contribution in [2.24, 2.45) is 34.5 Å². The summed E-state index contributed by atoms with van der Waals surface area (Å²) in [6.07, 6.45) is 7.93. The molecule has 5 fully saturated rings. The molecule has 1 heterocycles. The van der Waals surface area contributed by atoms with Crippen LogP contribution >= 0.6 is 0 Å². The summed E-state index contributed by atoms with van der Waals surface area (Å²) in [7, 11) is 0. The smallest absolute Gasteiger partial charge is 0.168 e. The summed E-state index contributed by atoms with van der Waals surface area (Å²) < 4.78 is 12.1. The third kappa shape index (κ3) is 2.16. The number of fused-ring (bicyclic) bond motifs is 5. The molecule has 4 nitrogen and oxygen atoms in total. The number of hydrogen-bond donors (Lipinski definition) is 2. The maximum Gasteiger partial charge on any atom is 0.168 e. The topological polar surface area (TPSA) is 58.9 Å². The van der Waals surface area contributed by atoms with Crippen molar-refractivity contribution in [1.82, 2.24) is 0 Å². The fraction of sp³-hybridized carbons (Fsp3) is 1.00. The lowest BCUT2D eigenvalue weighted by molar-refractivity contribution is -0.246. The van der Waals surface area contributed by atoms with Gasteiger partial charge in [-0.1, -0.05) is 13.8 Å². The highest BCUT2D eigenvalue weighted by molar-refractivity contribution is 5.15. The quantitative estimate of drug-likeness (QED) is 0.691. The Hall–Kier alpha value is -0.160. The van der Waals surface area contributed by atoms with Crippen LogP contribution in [0.25, 0.3) is 0 Å².